The molecule has 2 aliphatic rings. The van der Waals surface area contributed by atoms with Gasteiger partial charge in [-0.15, -0.1) is 0 Å². The molecule has 1 saturated carbocycles. The number of piperazine rings is 1. The van der Waals surface area contributed by atoms with Gasteiger partial charge in [-0.1, -0.05) is 0 Å². The number of anilines is 1. The second kappa shape index (κ2) is 6.36. The van der Waals surface area contributed by atoms with Crippen LogP contribution in [0.1, 0.15) is 18.5 Å². The summed E-state index contributed by atoms with van der Waals surface area (Å²) in [5, 5.41) is 2.83. The molecule has 114 valence electrons. The third-order valence-electron chi connectivity index (χ3n) is 3.92. The maximum atomic E-state index is 12.2. The van der Waals surface area contributed by atoms with Crippen molar-refractivity contribution in [3.8, 4) is 0 Å². The van der Waals surface area contributed by atoms with Crippen molar-refractivity contribution in [3.63, 3.8) is 0 Å². The molecular weight excluding hydrogens is 270 g/mol. The fourth-order valence-corrected chi connectivity index (χ4v) is 2.61. The van der Waals surface area contributed by atoms with Crippen LogP contribution in [-0.2, 0) is 11.3 Å². The second-order valence-corrected chi connectivity index (χ2v) is 5.51. The van der Waals surface area contributed by atoms with Crippen LogP contribution in [0.5, 0.6) is 0 Å². The molecule has 1 aromatic heterocycles. The molecule has 2 heterocycles. The minimum atomic E-state index is -0.0903. The van der Waals surface area contributed by atoms with Gasteiger partial charge >= 0.3 is 6.03 Å². The number of ether oxygens (including phenoxy) is 1. The lowest BCUT2D eigenvalue weighted by molar-refractivity contribution is 0.142. The van der Waals surface area contributed by atoms with Crippen molar-refractivity contribution in [2.75, 3.05) is 38.6 Å². The maximum absolute atomic E-state index is 12.2. The van der Waals surface area contributed by atoms with E-state index in [0.717, 1.165) is 37.9 Å². The van der Waals surface area contributed by atoms with E-state index in [9.17, 15) is 4.79 Å². The van der Waals surface area contributed by atoms with Crippen molar-refractivity contribution in [1.29, 1.82) is 0 Å². The second-order valence-electron chi connectivity index (χ2n) is 5.51. The van der Waals surface area contributed by atoms with Gasteiger partial charge in [0.15, 0.2) is 0 Å². The average Bonchev–Trinajstić information content (AvgIpc) is 3.33. The normalized spacial score (nSPS) is 19.6. The first-order valence-electron chi connectivity index (χ1n) is 7.36. The standard InChI is InChI=1S/C14H21N5O2/c1-21-9-11-8-13(16-10-15-11)17-14(20)19-6-4-18(5-7-19)12-2-3-12/h8,10,12H,2-7,9H2,1H3,(H,15,16,17,20). The fourth-order valence-electron chi connectivity index (χ4n) is 2.61. The Balaban J connectivity index is 1.52. The van der Waals surface area contributed by atoms with Crippen molar-refractivity contribution >= 4 is 11.8 Å². The summed E-state index contributed by atoms with van der Waals surface area (Å²) >= 11 is 0. The largest absolute Gasteiger partial charge is 0.378 e. The highest BCUT2D eigenvalue weighted by Crippen LogP contribution is 2.27. The Bertz CT molecular complexity index is 498. The summed E-state index contributed by atoms with van der Waals surface area (Å²) in [6, 6.07) is 2.42. The SMILES string of the molecule is COCc1cc(NC(=O)N2CCN(C3CC3)CC2)ncn1. The number of carbonyl (C=O) groups excluding carboxylic acids is 1. The van der Waals surface area contributed by atoms with E-state index in [-0.39, 0.29) is 6.03 Å². The molecule has 0 radical (unpaired) electrons. The van der Waals surface area contributed by atoms with Crippen LogP contribution >= 0.6 is 0 Å². The Morgan fingerprint density at radius 3 is 2.76 bits per heavy atom. The van der Waals surface area contributed by atoms with Crippen LogP contribution in [0.15, 0.2) is 12.4 Å². The third kappa shape index (κ3) is 3.68. The quantitative estimate of drug-likeness (QED) is 0.894. The van der Waals surface area contributed by atoms with E-state index in [1.807, 2.05) is 4.90 Å². The van der Waals surface area contributed by atoms with Crippen LogP contribution < -0.4 is 5.32 Å². The number of urea groups is 1. The Hall–Kier alpha value is -1.73. The van der Waals surface area contributed by atoms with Crippen molar-refractivity contribution in [3.05, 3.63) is 18.1 Å². The van der Waals surface area contributed by atoms with Gasteiger partial charge in [-0.3, -0.25) is 10.2 Å². The van der Waals surface area contributed by atoms with Gasteiger partial charge in [-0.05, 0) is 12.8 Å². The number of hydrogen-bond donors (Lipinski definition) is 1. The molecule has 0 aromatic carbocycles. The van der Waals surface area contributed by atoms with Crippen molar-refractivity contribution in [2.24, 2.45) is 0 Å². The van der Waals surface area contributed by atoms with Crippen LogP contribution in [0.3, 0.4) is 0 Å². The van der Waals surface area contributed by atoms with E-state index in [4.69, 9.17) is 4.74 Å². The zero-order chi connectivity index (χ0) is 14.7. The van der Waals surface area contributed by atoms with Crippen molar-refractivity contribution in [1.82, 2.24) is 19.8 Å². The highest BCUT2D eigenvalue weighted by atomic mass is 16.5. The molecule has 1 aromatic rings. The first-order chi connectivity index (χ1) is 10.3. The van der Waals surface area contributed by atoms with Crippen LogP contribution in [0.25, 0.3) is 0 Å². The van der Waals surface area contributed by atoms with Gasteiger partial charge in [0.05, 0.1) is 12.3 Å². The van der Waals surface area contributed by atoms with Gasteiger partial charge in [-0.2, -0.15) is 0 Å². The van der Waals surface area contributed by atoms with Gasteiger partial charge in [0.1, 0.15) is 12.1 Å². The molecule has 1 aliphatic carbocycles. The molecule has 1 saturated heterocycles. The topological polar surface area (TPSA) is 70.6 Å². The minimum absolute atomic E-state index is 0.0903. The fraction of sp³-hybridized carbons (Fsp3) is 0.643. The Labute approximate surface area is 124 Å². The maximum Gasteiger partial charge on any atom is 0.323 e. The van der Waals surface area contributed by atoms with Crippen molar-refractivity contribution in [2.45, 2.75) is 25.5 Å². The summed E-state index contributed by atoms with van der Waals surface area (Å²) < 4.78 is 5.03. The van der Waals surface area contributed by atoms with E-state index < -0.39 is 0 Å². The predicted molar refractivity (Wildman–Crippen MR) is 77.9 cm³/mol. The lowest BCUT2D eigenvalue weighted by Crippen LogP contribution is -2.50. The lowest BCUT2D eigenvalue weighted by atomic mass is 10.3. The molecule has 0 atom stereocenters. The molecule has 0 spiro atoms. The number of nitrogens with zero attached hydrogens (tertiary/aromatic N) is 4. The molecule has 7 heteroatoms. The molecule has 1 aliphatic heterocycles. The molecule has 2 fully saturated rings. The molecule has 7 nitrogen and oxygen atoms in total. The zero-order valence-electron chi connectivity index (χ0n) is 12.3. The summed E-state index contributed by atoms with van der Waals surface area (Å²) in [4.78, 5) is 24.7. The Morgan fingerprint density at radius 1 is 1.33 bits per heavy atom. The predicted octanol–water partition coefficient (Wildman–Crippen LogP) is 0.935. The van der Waals surface area contributed by atoms with Gasteiger partial charge in [0, 0.05) is 45.4 Å². The van der Waals surface area contributed by atoms with Crippen LogP contribution in [0.4, 0.5) is 10.6 Å². The van der Waals surface area contributed by atoms with E-state index >= 15 is 0 Å². The van der Waals surface area contributed by atoms with Crippen LogP contribution in [0.2, 0.25) is 0 Å². The first-order valence-corrected chi connectivity index (χ1v) is 7.36. The highest BCUT2D eigenvalue weighted by Gasteiger charge is 2.32. The molecule has 2 amide bonds. The lowest BCUT2D eigenvalue weighted by Gasteiger charge is -2.34. The van der Waals surface area contributed by atoms with Gasteiger partial charge in [-0.25, -0.2) is 14.8 Å². The average molecular weight is 291 g/mol. The summed E-state index contributed by atoms with van der Waals surface area (Å²) in [7, 11) is 1.61. The van der Waals surface area contributed by atoms with Gasteiger partial charge in [0.25, 0.3) is 0 Å². The van der Waals surface area contributed by atoms with Gasteiger partial charge < -0.3 is 9.64 Å². The number of rotatable bonds is 4. The summed E-state index contributed by atoms with van der Waals surface area (Å²) in [6.45, 7) is 3.90. The number of hydrogen-bond acceptors (Lipinski definition) is 5. The molecule has 1 N–H and O–H groups in total. The van der Waals surface area contributed by atoms with E-state index in [1.165, 1.54) is 19.2 Å². The van der Waals surface area contributed by atoms with E-state index in [2.05, 4.69) is 20.2 Å². The first kappa shape index (κ1) is 14.2. The molecule has 0 unspecified atom stereocenters. The summed E-state index contributed by atoms with van der Waals surface area (Å²) in [5.41, 5.74) is 0.751. The smallest absolute Gasteiger partial charge is 0.323 e. The van der Waals surface area contributed by atoms with Crippen molar-refractivity contribution < 1.29 is 9.53 Å². The number of carbonyl (C=O) groups is 1. The summed E-state index contributed by atoms with van der Waals surface area (Å²) in [5.74, 6) is 0.520. The summed E-state index contributed by atoms with van der Waals surface area (Å²) in [6.07, 6.45) is 4.07. The zero-order valence-corrected chi connectivity index (χ0v) is 12.3. The molecule has 21 heavy (non-hydrogen) atoms. The van der Waals surface area contributed by atoms with E-state index in [0.29, 0.717) is 12.4 Å². The Morgan fingerprint density at radius 2 is 2.10 bits per heavy atom. The molecule has 3 rings (SSSR count). The molecular formula is C14H21N5O2. The monoisotopic (exact) mass is 291 g/mol. The van der Waals surface area contributed by atoms with E-state index in [1.54, 1.807) is 13.2 Å². The van der Waals surface area contributed by atoms with Crippen LogP contribution in [-0.4, -0.2) is 65.1 Å². The number of nitrogens with one attached hydrogen (secondary N) is 1. The number of amides is 2. The minimum Gasteiger partial charge on any atom is -0.378 e. The van der Waals surface area contributed by atoms with Gasteiger partial charge in [0.2, 0.25) is 0 Å². The molecule has 0 bridgehead atoms. The Kier molecular flexibility index (Phi) is 4.31. The highest BCUT2D eigenvalue weighted by molar-refractivity contribution is 5.88. The van der Waals surface area contributed by atoms with Crippen LogP contribution in [0, 0.1) is 0 Å². The number of aromatic nitrogens is 2. The number of methoxy groups -OCH3 is 1. The third-order valence-corrected chi connectivity index (χ3v) is 3.92.